The fraction of sp³-hybridized carbons (Fsp3) is 0.524. The Morgan fingerprint density at radius 3 is 2.70 bits per heavy atom. The highest BCUT2D eigenvalue weighted by molar-refractivity contribution is 5.73. The summed E-state index contributed by atoms with van der Waals surface area (Å²) >= 11 is 0. The summed E-state index contributed by atoms with van der Waals surface area (Å²) in [6.07, 6.45) is 6.33. The summed E-state index contributed by atoms with van der Waals surface area (Å²) in [6.45, 7) is 3.79. The number of anilines is 1. The third-order valence-electron chi connectivity index (χ3n) is 5.82. The fourth-order valence-corrected chi connectivity index (χ4v) is 4.32. The van der Waals surface area contributed by atoms with E-state index in [0.29, 0.717) is 22.9 Å². The number of hydrogen-bond acceptors (Lipinski definition) is 5. The maximum atomic E-state index is 14.2. The molecular weight excluding hydrogens is 343 g/mol. The summed E-state index contributed by atoms with van der Waals surface area (Å²) in [7, 11) is 2.15. The van der Waals surface area contributed by atoms with Crippen molar-refractivity contribution in [2.45, 2.75) is 51.5 Å². The molecule has 0 saturated carbocycles. The van der Waals surface area contributed by atoms with Crippen LogP contribution >= 0.6 is 0 Å². The van der Waals surface area contributed by atoms with E-state index >= 15 is 0 Å². The molecule has 27 heavy (non-hydrogen) atoms. The first-order chi connectivity index (χ1) is 13.0. The van der Waals surface area contributed by atoms with Crippen LogP contribution < -0.4 is 5.32 Å². The number of benzene rings is 1. The molecule has 1 fully saturated rings. The minimum atomic E-state index is -0.577. The first-order valence-corrected chi connectivity index (χ1v) is 9.86. The van der Waals surface area contributed by atoms with Gasteiger partial charge >= 0.3 is 0 Å². The molecule has 1 aromatic heterocycles. The number of nitrogens with one attached hydrogen (secondary N) is 1. The van der Waals surface area contributed by atoms with Crippen molar-refractivity contribution in [3.8, 4) is 17.0 Å². The number of likely N-dealkylation sites (N-methyl/N-ethyl adjacent to an activating group) is 1. The normalized spacial score (nSPS) is 20.3. The average molecular weight is 370 g/mol. The highest BCUT2D eigenvalue weighted by Crippen LogP contribution is 2.38. The number of piperidine rings is 1. The molecule has 1 saturated heterocycles. The Morgan fingerprint density at radius 1 is 1.15 bits per heavy atom. The quantitative estimate of drug-likeness (QED) is 0.863. The van der Waals surface area contributed by atoms with Crippen LogP contribution in [0.25, 0.3) is 11.3 Å². The maximum Gasteiger partial charge on any atom is 0.168 e. The van der Waals surface area contributed by atoms with Gasteiger partial charge in [-0.05, 0) is 76.2 Å². The molecular formula is C21H27FN4O. The SMILES string of the molecule is Cc1ccc(-c2nnc(N[C@@H]3CCCN(C)C3)c3c2CCCC3)c(O)c1F. The van der Waals surface area contributed by atoms with Gasteiger partial charge in [0.15, 0.2) is 17.4 Å². The van der Waals surface area contributed by atoms with E-state index < -0.39 is 5.82 Å². The van der Waals surface area contributed by atoms with Crippen molar-refractivity contribution in [3.05, 3.63) is 34.6 Å². The first kappa shape index (κ1) is 18.2. The highest BCUT2D eigenvalue weighted by Gasteiger charge is 2.25. The lowest BCUT2D eigenvalue weighted by molar-refractivity contribution is 0.260. The largest absolute Gasteiger partial charge is 0.504 e. The third-order valence-corrected chi connectivity index (χ3v) is 5.82. The van der Waals surface area contributed by atoms with Crippen molar-refractivity contribution in [2.24, 2.45) is 0 Å². The summed E-state index contributed by atoms with van der Waals surface area (Å²) in [6, 6.07) is 3.81. The van der Waals surface area contributed by atoms with Gasteiger partial charge in [0.1, 0.15) is 5.69 Å². The van der Waals surface area contributed by atoms with Crippen molar-refractivity contribution in [3.63, 3.8) is 0 Å². The summed E-state index contributed by atoms with van der Waals surface area (Å²) in [5.41, 5.74) is 3.76. The fourth-order valence-electron chi connectivity index (χ4n) is 4.32. The van der Waals surface area contributed by atoms with Crippen LogP contribution in [0.4, 0.5) is 10.2 Å². The zero-order valence-electron chi connectivity index (χ0n) is 16.1. The van der Waals surface area contributed by atoms with Gasteiger partial charge in [-0.3, -0.25) is 0 Å². The van der Waals surface area contributed by atoms with Gasteiger partial charge < -0.3 is 15.3 Å². The van der Waals surface area contributed by atoms with Crippen molar-refractivity contribution in [2.75, 3.05) is 25.5 Å². The smallest absolute Gasteiger partial charge is 0.168 e. The molecule has 6 heteroatoms. The Morgan fingerprint density at radius 2 is 1.93 bits per heavy atom. The molecule has 2 aromatic rings. The van der Waals surface area contributed by atoms with Gasteiger partial charge in [-0.15, -0.1) is 10.2 Å². The molecule has 1 aromatic carbocycles. The van der Waals surface area contributed by atoms with E-state index in [2.05, 4.69) is 27.5 Å². The number of fused-ring (bicyclic) bond motifs is 1. The number of phenolic OH excluding ortho intramolecular Hbond substituents is 1. The molecule has 2 N–H and O–H groups in total. The highest BCUT2D eigenvalue weighted by atomic mass is 19.1. The summed E-state index contributed by atoms with van der Waals surface area (Å²) in [5, 5.41) is 22.8. The van der Waals surface area contributed by atoms with Crippen LogP contribution in [0.15, 0.2) is 12.1 Å². The minimum absolute atomic E-state index is 0.327. The predicted octanol–water partition coefficient (Wildman–Crippen LogP) is 3.68. The summed E-state index contributed by atoms with van der Waals surface area (Å²) in [4.78, 5) is 2.34. The molecule has 0 spiro atoms. The van der Waals surface area contributed by atoms with Crippen LogP contribution in [-0.2, 0) is 12.8 Å². The van der Waals surface area contributed by atoms with E-state index in [4.69, 9.17) is 0 Å². The van der Waals surface area contributed by atoms with Gasteiger partial charge in [0.25, 0.3) is 0 Å². The molecule has 144 valence electrons. The third kappa shape index (κ3) is 3.50. The van der Waals surface area contributed by atoms with E-state index in [1.54, 1.807) is 19.1 Å². The molecule has 0 radical (unpaired) electrons. The number of rotatable bonds is 3. The van der Waals surface area contributed by atoms with Gasteiger partial charge in [-0.1, -0.05) is 6.07 Å². The molecule has 0 bridgehead atoms. The standard InChI is InChI=1S/C21H27FN4O/c1-13-9-10-17(20(27)18(13)22)19-15-7-3-4-8-16(15)21(25-24-19)23-14-6-5-11-26(2)12-14/h9-10,14,27H,3-8,11-12H2,1-2H3,(H,23,25)/t14-/m1/s1. The van der Waals surface area contributed by atoms with Crippen LogP contribution in [0.5, 0.6) is 5.75 Å². The number of phenols is 1. The monoisotopic (exact) mass is 370 g/mol. The minimum Gasteiger partial charge on any atom is -0.504 e. The van der Waals surface area contributed by atoms with Crippen LogP contribution in [0, 0.1) is 12.7 Å². The zero-order valence-corrected chi connectivity index (χ0v) is 16.1. The molecule has 0 amide bonds. The van der Waals surface area contributed by atoms with Crippen LogP contribution in [0.2, 0.25) is 0 Å². The second kappa shape index (κ2) is 7.43. The summed E-state index contributed by atoms with van der Waals surface area (Å²) in [5.74, 6) is -0.0428. The van der Waals surface area contributed by atoms with E-state index in [9.17, 15) is 9.50 Å². The van der Waals surface area contributed by atoms with Crippen molar-refractivity contribution >= 4 is 5.82 Å². The van der Waals surface area contributed by atoms with E-state index in [0.717, 1.165) is 56.6 Å². The number of likely N-dealkylation sites (tertiary alicyclic amines) is 1. The lowest BCUT2D eigenvalue weighted by Gasteiger charge is -2.31. The molecule has 4 rings (SSSR count). The Kier molecular flexibility index (Phi) is 5.00. The Bertz CT molecular complexity index is 855. The Hall–Kier alpha value is -2.21. The van der Waals surface area contributed by atoms with Gasteiger partial charge in [-0.25, -0.2) is 4.39 Å². The number of halogens is 1. The van der Waals surface area contributed by atoms with Crippen LogP contribution in [-0.4, -0.2) is 46.4 Å². The molecule has 5 nitrogen and oxygen atoms in total. The molecule has 1 aliphatic heterocycles. The topological polar surface area (TPSA) is 61.3 Å². The van der Waals surface area contributed by atoms with Crippen LogP contribution in [0.1, 0.15) is 42.4 Å². The Labute approximate surface area is 159 Å². The molecule has 0 unspecified atom stereocenters. The molecule has 1 atom stereocenters. The van der Waals surface area contributed by atoms with E-state index in [-0.39, 0.29) is 5.75 Å². The molecule has 2 aliphatic rings. The number of aromatic nitrogens is 2. The lowest BCUT2D eigenvalue weighted by atomic mass is 9.88. The number of nitrogens with zero attached hydrogens (tertiary/aromatic N) is 3. The second-order valence-electron chi connectivity index (χ2n) is 7.90. The lowest BCUT2D eigenvalue weighted by Crippen LogP contribution is -2.40. The van der Waals surface area contributed by atoms with E-state index in [1.807, 2.05) is 0 Å². The van der Waals surface area contributed by atoms with Crippen molar-refractivity contribution in [1.82, 2.24) is 15.1 Å². The van der Waals surface area contributed by atoms with Crippen LogP contribution in [0.3, 0.4) is 0 Å². The van der Waals surface area contributed by atoms with Gasteiger partial charge in [0.2, 0.25) is 0 Å². The number of aryl methyl sites for hydroxylation is 1. The van der Waals surface area contributed by atoms with Gasteiger partial charge in [0.05, 0.1) is 0 Å². The maximum absolute atomic E-state index is 14.2. The van der Waals surface area contributed by atoms with Gasteiger partial charge in [-0.2, -0.15) is 0 Å². The zero-order chi connectivity index (χ0) is 19.0. The van der Waals surface area contributed by atoms with E-state index in [1.165, 1.54) is 12.0 Å². The van der Waals surface area contributed by atoms with Gasteiger partial charge in [0, 0.05) is 23.7 Å². The van der Waals surface area contributed by atoms with Crippen molar-refractivity contribution < 1.29 is 9.50 Å². The summed E-state index contributed by atoms with van der Waals surface area (Å²) < 4.78 is 14.2. The predicted molar refractivity (Wildman–Crippen MR) is 105 cm³/mol. The Balaban J connectivity index is 1.72. The molecule has 2 heterocycles. The average Bonchev–Trinajstić information content (AvgIpc) is 2.67. The second-order valence-corrected chi connectivity index (χ2v) is 7.90. The number of hydrogen-bond donors (Lipinski definition) is 2. The molecule has 1 aliphatic carbocycles. The first-order valence-electron chi connectivity index (χ1n) is 9.86. The number of aromatic hydroxyl groups is 1. The van der Waals surface area contributed by atoms with Crippen molar-refractivity contribution in [1.29, 1.82) is 0 Å².